The fraction of sp³-hybridized carbons (Fsp3) is 0.227. The molecule has 14 heteroatoms. The molecule has 1 atom stereocenters. The number of hydrogen-bond donors (Lipinski definition) is 3. The molecule has 2 aromatic carbocycles. The van der Waals surface area contributed by atoms with Crippen molar-refractivity contribution in [2.24, 2.45) is 0 Å². The Kier molecular flexibility index (Phi) is 7.91. The Morgan fingerprint density at radius 1 is 1.08 bits per heavy atom. The Morgan fingerprint density at radius 3 is 2.42 bits per heavy atom. The summed E-state index contributed by atoms with van der Waals surface area (Å²) in [5, 5.41) is 6.78. The van der Waals surface area contributed by atoms with Gasteiger partial charge in [0, 0.05) is 34.5 Å². The van der Waals surface area contributed by atoms with Gasteiger partial charge in [0.25, 0.3) is 10.0 Å². The molecule has 2 heterocycles. The molecule has 36 heavy (non-hydrogen) atoms. The number of rotatable bonds is 7. The van der Waals surface area contributed by atoms with Gasteiger partial charge in [-0.1, -0.05) is 23.2 Å². The maximum Gasteiger partial charge on any atom is 0.419 e. The predicted octanol–water partition coefficient (Wildman–Crippen LogP) is 6.45. The maximum absolute atomic E-state index is 13.5. The molecular weight excluding hydrogens is 608 g/mol. The molecule has 192 valence electrons. The van der Waals surface area contributed by atoms with Crippen molar-refractivity contribution >= 4 is 66.3 Å². The smallest absolute Gasteiger partial charge is 0.419 e. The van der Waals surface area contributed by atoms with Crippen molar-refractivity contribution in [2.45, 2.75) is 23.6 Å². The van der Waals surface area contributed by atoms with Crippen LogP contribution in [-0.2, 0) is 16.2 Å². The largest absolute Gasteiger partial charge is 0.488 e. The van der Waals surface area contributed by atoms with Crippen molar-refractivity contribution in [2.75, 3.05) is 23.1 Å². The average Bonchev–Trinajstić information content (AvgIpc) is 3.26. The second-order valence-electron chi connectivity index (χ2n) is 7.83. The zero-order valence-corrected chi connectivity index (χ0v) is 22.1. The van der Waals surface area contributed by atoms with E-state index in [9.17, 15) is 21.6 Å². The zero-order chi connectivity index (χ0) is 26.1. The highest BCUT2D eigenvalue weighted by molar-refractivity contribution is 9.10. The molecule has 0 aliphatic carbocycles. The number of nitrogens with zero attached hydrogens (tertiary/aromatic N) is 1. The summed E-state index contributed by atoms with van der Waals surface area (Å²) in [5.41, 5.74) is -0.543. The van der Waals surface area contributed by atoms with E-state index >= 15 is 0 Å². The lowest BCUT2D eigenvalue weighted by molar-refractivity contribution is -0.139. The second kappa shape index (κ2) is 10.6. The Hall–Kier alpha value is -2.25. The molecule has 1 saturated heterocycles. The fourth-order valence-electron chi connectivity index (χ4n) is 3.46. The summed E-state index contributed by atoms with van der Waals surface area (Å²) in [6.07, 6.45) is -3.47. The number of halogens is 6. The lowest BCUT2D eigenvalue weighted by Crippen LogP contribution is -2.22. The number of alkyl halides is 3. The Morgan fingerprint density at radius 2 is 1.81 bits per heavy atom. The molecule has 0 amide bonds. The van der Waals surface area contributed by atoms with Gasteiger partial charge in [-0.2, -0.15) is 13.2 Å². The predicted molar refractivity (Wildman–Crippen MR) is 136 cm³/mol. The fourth-order valence-corrected chi connectivity index (χ4v) is 5.61. The quantitative estimate of drug-likeness (QED) is 0.279. The van der Waals surface area contributed by atoms with Crippen LogP contribution in [0.5, 0.6) is 5.75 Å². The highest BCUT2D eigenvalue weighted by Crippen LogP contribution is 2.39. The third kappa shape index (κ3) is 6.54. The first-order valence-corrected chi connectivity index (χ1v) is 13.4. The molecule has 3 aromatic rings. The van der Waals surface area contributed by atoms with Gasteiger partial charge >= 0.3 is 6.18 Å². The molecule has 1 fully saturated rings. The minimum absolute atomic E-state index is 0.0872. The number of benzene rings is 2. The molecule has 0 bridgehead atoms. The first-order valence-electron chi connectivity index (χ1n) is 10.4. The first-order chi connectivity index (χ1) is 16.9. The molecule has 0 spiro atoms. The van der Waals surface area contributed by atoms with E-state index in [-0.39, 0.29) is 10.6 Å². The lowest BCUT2D eigenvalue weighted by Gasteiger charge is -2.19. The Balaban J connectivity index is 1.57. The van der Waals surface area contributed by atoms with Crippen molar-refractivity contribution < 1.29 is 26.3 Å². The number of pyridine rings is 1. The van der Waals surface area contributed by atoms with Gasteiger partial charge in [0.1, 0.15) is 22.6 Å². The SMILES string of the molecule is O=S(=O)(Nc1ccc(C(F)(F)F)c(O[C@@H]2CCNC2)c1)c1cnc(Nc2cc(Cl)cc(Cl)c2)c(Br)c1. The molecule has 3 N–H and O–H groups in total. The number of sulfonamides is 1. The van der Waals surface area contributed by atoms with E-state index in [4.69, 9.17) is 27.9 Å². The lowest BCUT2D eigenvalue weighted by atomic mass is 10.1. The van der Waals surface area contributed by atoms with E-state index in [1.54, 1.807) is 18.2 Å². The standard InChI is InChI=1S/C22H18BrCl2F3N4O3S/c23-19-9-17(11-30-21(19)31-15-6-12(24)5-13(25)7-15)36(33,34)32-14-1-2-18(22(26,27)28)20(8-14)35-16-3-4-29-10-16/h1-2,5-9,11,16,29,32H,3-4,10H2,(H,30,31)/t16-/m1/s1. The van der Waals surface area contributed by atoms with Crippen molar-refractivity contribution in [1.29, 1.82) is 0 Å². The summed E-state index contributed by atoms with van der Waals surface area (Å²) in [5.74, 6) is -0.155. The molecule has 7 nitrogen and oxygen atoms in total. The van der Waals surface area contributed by atoms with Crippen molar-refractivity contribution in [3.05, 3.63) is 68.7 Å². The number of anilines is 3. The maximum atomic E-state index is 13.5. The van der Waals surface area contributed by atoms with Crippen LogP contribution in [0.1, 0.15) is 12.0 Å². The number of aromatic nitrogens is 1. The van der Waals surface area contributed by atoms with Crippen LogP contribution in [0.3, 0.4) is 0 Å². The normalized spacial score (nSPS) is 16.1. The number of nitrogens with one attached hydrogen (secondary N) is 3. The van der Waals surface area contributed by atoms with Gasteiger partial charge in [-0.25, -0.2) is 13.4 Å². The van der Waals surface area contributed by atoms with E-state index in [0.29, 0.717) is 45.5 Å². The van der Waals surface area contributed by atoms with Crippen LogP contribution in [0.15, 0.2) is 58.0 Å². The van der Waals surface area contributed by atoms with Crippen LogP contribution in [0, 0.1) is 0 Å². The van der Waals surface area contributed by atoms with Crippen molar-refractivity contribution in [3.63, 3.8) is 0 Å². The van der Waals surface area contributed by atoms with Crippen LogP contribution in [0.4, 0.5) is 30.4 Å². The van der Waals surface area contributed by atoms with Crippen LogP contribution in [-0.4, -0.2) is 32.6 Å². The zero-order valence-electron chi connectivity index (χ0n) is 18.2. The van der Waals surface area contributed by atoms with Crippen molar-refractivity contribution in [1.82, 2.24) is 10.3 Å². The van der Waals surface area contributed by atoms with Gasteiger partial charge < -0.3 is 15.4 Å². The monoisotopic (exact) mass is 624 g/mol. The summed E-state index contributed by atoms with van der Waals surface area (Å²) in [6, 6.07) is 8.92. The highest BCUT2D eigenvalue weighted by atomic mass is 79.9. The molecule has 0 radical (unpaired) electrons. The molecule has 0 unspecified atom stereocenters. The summed E-state index contributed by atoms with van der Waals surface area (Å²) in [4.78, 5) is 3.91. The topological polar surface area (TPSA) is 92.4 Å². The Labute approximate surface area is 223 Å². The summed E-state index contributed by atoms with van der Waals surface area (Å²) >= 11 is 15.3. The van der Waals surface area contributed by atoms with E-state index < -0.39 is 33.6 Å². The van der Waals surface area contributed by atoms with Gasteiger partial charge in [-0.05, 0) is 65.3 Å². The van der Waals surface area contributed by atoms with Crippen LogP contribution < -0.4 is 20.1 Å². The van der Waals surface area contributed by atoms with Crippen LogP contribution in [0.25, 0.3) is 0 Å². The first kappa shape index (κ1) is 26.8. The molecule has 4 rings (SSSR count). The summed E-state index contributed by atoms with van der Waals surface area (Å²) in [7, 11) is -4.19. The van der Waals surface area contributed by atoms with Gasteiger partial charge in [-0.15, -0.1) is 0 Å². The van der Waals surface area contributed by atoms with E-state index in [1.807, 2.05) is 0 Å². The minimum Gasteiger partial charge on any atom is -0.488 e. The van der Waals surface area contributed by atoms with Crippen LogP contribution >= 0.6 is 39.1 Å². The molecule has 1 aromatic heterocycles. The molecule has 0 saturated carbocycles. The highest BCUT2D eigenvalue weighted by Gasteiger charge is 2.35. The second-order valence-corrected chi connectivity index (χ2v) is 11.2. The van der Waals surface area contributed by atoms with E-state index in [1.165, 1.54) is 6.07 Å². The third-order valence-electron chi connectivity index (χ3n) is 5.10. The average molecular weight is 626 g/mol. The third-order valence-corrected chi connectivity index (χ3v) is 7.49. The summed E-state index contributed by atoms with van der Waals surface area (Å²) < 4.78 is 74.4. The van der Waals surface area contributed by atoms with E-state index in [2.05, 4.69) is 36.3 Å². The molecular formula is C22H18BrCl2F3N4O3S. The Bertz CT molecular complexity index is 1370. The van der Waals surface area contributed by atoms with Gasteiger partial charge in [0.2, 0.25) is 0 Å². The minimum atomic E-state index is -4.66. The van der Waals surface area contributed by atoms with Crippen LogP contribution in [0.2, 0.25) is 10.0 Å². The molecule has 1 aliphatic heterocycles. The van der Waals surface area contributed by atoms with Gasteiger partial charge in [0.15, 0.2) is 0 Å². The molecule has 1 aliphatic rings. The number of hydrogen-bond acceptors (Lipinski definition) is 6. The van der Waals surface area contributed by atoms with Gasteiger partial charge in [0.05, 0.1) is 15.7 Å². The number of ether oxygens (including phenoxy) is 1. The van der Waals surface area contributed by atoms with Gasteiger partial charge in [-0.3, -0.25) is 4.72 Å². The van der Waals surface area contributed by atoms with E-state index in [0.717, 1.165) is 24.4 Å². The summed E-state index contributed by atoms with van der Waals surface area (Å²) in [6.45, 7) is 1.02. The van der Waals surface area contributed by atoms with Crippen molar-refractivity contribution in [3.8, 4) is 5.75 Å².